The van der Waals surface area contributed by atoms with Crippen molar-refractivity contribution >= 4 is 13.9 Å². The normalized spacial score (nSPS) is 10.1. The Morgan fingerprint density at radius 1 is 1.07 bits per heavy atom. The summed E-state index contributed by atoms with van der Waals surface area (Å²) in [5, 5.41) is 9.91. The maximum absolute atomic E-state index is 9.91. The summed E-state index contributed by atoms with van der Waals surface area (Å²) in [6, 6.07) is 0. The molecule has 2 nitrogen and oxygen atoms in total. The Morgan fingerprint density at radius 3 is 1.27 bits per heavy atom. The van der Waals surface area contributed by atoms with Crippen molar-refractivity contribution in [2.24, 2.45) is 5.41 Å². The standard InChI is InChI=1S/C6H15P.C5H10O2.Ag/c1-4-7(5-2)6-3;1-5(2,3)4(6)7;/h4-6H2,1-3H3;1-3H3,(H,6,7);/q;;+1/p-1. The van der Waals surface area contributed by atoms with E-state index in [0.717, 1.165) is 0 Å². The maximum atomic E-state index is 9.91. The Bertz CT molecular complexity index is 146. The predicted octanol–water partition coefficient (Wildman–Crippen LogP) is 2.31. The van der Waals surface area contributed by atoms with Gasteiger partial charge in [0, 0.05) is 11.4 Å². The van der Waals surface area contributed by atoms with Gasteiger partial charge in [-0.15, -0.1) is 7.92 Å². The van der Waals surface area contributed by atoms with E-state index in [9.17, 15) is 9.90 Å². The van der Waals surface area contributed by atoms with Crippen molar-refractivity contribution < 1.29 is 32.3 Å². The molecule has 0 amide bonds. The molecule has 0 aromatic carbocycles. The second-order valence-electron chi connectivity index (χ2n) is 4.16. The van der Waals surface area contributed by atoms with Gasteiger partial charge in [-0.05, 0) is 18.5 Å². The quantitative estimate of drug-likeness (QED) is 0.589. The van der Waals surface area contributed by atoms with Crippen molar-refractivity contribution in [2.45, 2.75) is 41.5 Å². The van der Waals surface area contributed by atoms with E-state index in [-0.39, 0.29) is 22.4 Å². The first kappa shape index (κ1) is 21.0. The first-order chi connectivity index (χ1) is 6.29. The zero-order valence-corrected chi connectivity index (χ0v) is 13.1. The summed E-state index contributed by atoms with van der Waals surface area (Å²) in [4.78, 5) is 9.91. The van der Waals surface area contributed by atoms with Gasteiger partial charge in [0.05, 0.1) is 0 Å². The number of hydrogen-bond donors (Lipinski definition) is 0. The fraction of sp³-hybridized carbons (Fsp3) is 0.909. The average Bonchev–Trinajstić information content (AvgIpc) is 2.07. The summed E-state index contributed by atoms with van der Waals surface area (Å²) < 4.78 is 0. The van der Waals surface area contributed by atoms with E-state index in [1.807, 2.05) is 0 Å². The van der Waals surface area contributed by atoms with Gasteiger partial charge in [-0.3, -0.25) is 0 Å². The van der Waals surface area contributed by atoms with E-state index in [0.29, 0.717) is 7.92 Å². The zero-order chi connectivity index (χ0) is 11.8. The van der Waals surface area contributed by atoms with E-state index in [1.54, 1.807) is 20.8 Å². The molecule has 0 atom stereocenters. The summed E-state index contributed by atoms with van der Waals surface area (Å²) in [6.07, 6.45) is 4.26. The molecule has 0 saturated carbocycles. The number of rotatable bonds is 3. The van der Waals surface area contributed by atoms with Crippen LogP contribution in [-0.2, 0) is 27.2 Å². The first-order valence-corrected chi connectivity index (χ1v) is 7.13. The third kappa shape index (κ3) is 14.6. The van der Waals surface area contributed by atoms with E-state index in [1.165, 1.54) is 18.5 Å². The minimum absolute atomic E-state index is 0. The zero-order valence-electron chi connectivity index (χ0n) is 10.7. The number of carboxylic acid groups (broad SMARTS) is 1. The monoisotopic (exact) mass is 326 g/mol. The van der Waals surface area contributed by atoms with Crippen molar-refractivity contribution in [3.05, 3.63) is 0 Å². The van der Waals surface area contributed by atoms with E-state index < -0.39 is 11.4 Å². The molecule has 0 aromatic heterocycles. The fourth-order valence-corrected chi connectivity index (χ4v) is 2.01. The van der Waals surface area contributed by atoms with Crippen LogP contribution in [-0.4, -0.2) is 24.5 Å². The molecule has 0 aliphatic heterocycles. The largest absolute Gasteiger partial charge is 1.00 e. The molecule has 96 valence electrons. The van der Waals surface area contributed by atoms with Gasteiger partial charge in [-0.2, -0.15) is 0 Å². The van der Waals surface area contributed by atoms with Crippen LogP contribution in [0.2, 0.25) is 0 Å². The van der Waals surface area contributed by atoms with Gasteiger partial charge in [0.15, 0.2) is 0 Å². The van der Waals surface area contributed by atoms with Gasteiger partial charge >= 0.3 is 22.4 Å². The SMILES string of the molecule is CC(C)(C)C(=O)[O-].CCP(CC)CC.[Ag+]. The van der Waals surface area contributed by atoms with Crippen molar-refractivity contribution in [1.29, 1.82) is 0 Å². The van der Waals surface area contributed by atoms with Gasteiger partial charge in [0.25, 0.3) is 0 Å². The van der Waals surface area contributed by atoms with Crippen LogP contribution >= 0.6 is 7.92 Å². The minimum atomic E-state index is -1.01. The van der Waals surface area contributed by atoms with Crippen LogP contribution < -0.4 is 5.11 Å². The van der Waals surface area contributed by atoms with Gasteiger partial charge in [-0.1, -0.05) is 41.5 Å². The molecule has 4 heteroatoms. The van der Waals surface area contributed by atoms with Crippen LogP contribution in [0.5, 0.6) is 0 Å². The van der Waals surface area contributed by atoms with Crippen LogP contribution in [0.25, 0.3) is 0 Å². The second-order valence-corrected chi connectivity index (χ2v) is 7.40. The molecule has 0 aliphatic carbocycles. The van der Waals surface area contributed by atoms with E-state index in [2.05, 4.69) is 20.8 Å². The Morgan fingerprint density at radius 2 is 1.27 bits per heavy atom. The molecule has 0 saturated heterocycles. The summed E-state index contributed by atoms with van der Waals surface area (Å²) in [7, 11) is 0.446. The molecular formula is C11H24AgO2P. The van der Waals surface area contributed by atoms with Crippen molar-refractivity contribution in [1.82, 2.24) is 0 Å². The van der Waals surface area contributed by atoms with Gasteiger partial charge in [0.2, 0.25) is 0 Å². The molecule has 0 heterocycles. The van der Waals surface area contributed by atoms with Crippen molar-refractivity contribution in [3.8, 4) is 0 Å². The van der Waals surface area contributed by atoms with Gasteiger partial charge < -0.3 is 9.90 Å². The van der Waals surface area contributed by atoms with Crippen LogP contribution in [0.4, 0.5) is 0 Å². The summed E-state index contributed by atoms with van der Waals surface area (Å²) >= 11 is 0. The second kappa shape index (κ2) is 11.1. The third-order valence-electron chi connectivity index (χ3n) is 1.95. The minimum Gasteiger partial charge on any atom is -0.550 e. The fourth-order valence-electron chi connectivity index (χ4n) is 0.671. The Kier molecular flexibility index (Phi) is 15.6. The summed E-state index contributed by atoms with van der Waals surface area (Å²) in [5.41, 5.74) is -0.694. The van der Waals surface area contributed by atoms with Crippen LogP contribution in [0, 0.1) is 5.41 Å². The molecule has 0 aromatic rings. The molecule has 0 aliphatic rings. The summed E-state index contributed by atoms with van der Waals surface area (Å²) in [5.74, 6) is -1.01. The van der Waals surface area contributed by atoms with E-state index >= 15 is 0 Å². The Labute approximate surface area is 111 Å². The van der Waals surface area contributed by atoms with Gasteiger partial charge in [0.1, 0.15) is 0 Å². The van der Waals surface area contributed by atoms with E-state index in [4.69, 9.17) is 0 Å². The Hall–Kier alpha value is 0.640. The molecule has 0 bridgehead atoms. The van der Waals surface area contributed by atoms with Crippen LogP contribution in [0.15, 0.2) is 0 Å². The Balaban J connectivity index is -0.000000180. The summed E-state index contributed by atoms with van der Waals surface area (Å²) in [6.45, 7) is 11.7. The van der Waals surface area contributed by atoms with Gasteiger partial charge in [-0.25, -0.2) is 0 Å². The molecule has 15 heavy (non-hydrogen) atoms. The molecule has 0 fully saturated rings. The van der Waals surface area contributed by atoms with Crippen LogP contribution in [0.1, 0.15) is 41.5 Å². The molecule has 0 radical (unpaired) electrons. The number of carbonyl (C=O) groups excluding carboxylic acids is 1. The molecule has 0 spiro atoms. The predicted molar refractivity (Wildman–Crippen MR) is 63.0 cm³/mol. The number of hydrogen-bond acceptors (Lipinski definition) is 2. The van der Waals surface area contributed by atoms with Crippen LogP contribution in [0.3, 0.4) is 0 Å². The average molecular weight is 327 g/mol. The maximum Gasteiger partial charge on any atom is 1.00 e. The molecular weight excluding hydrogens is 303 g/mol. The molecule has 0 rings (SSSR count). The number of carboxylic acids is 1. The number of carbonyl (C=O) groups is 1. The third-order valence-corrected chi connectivity index (χ3v) is 4.64. The van der Waals surface area contributed by atoms with Crippen molar-refractivity contribution in [2.75, 3.05) is 18.5 Å². The molecule has 0 unspecified atom stereocenters. The van der Waals surface area contributed by atoms with Crippen molar-refractivity contribution in [3.63, 3.8) is 0 Å². The molecule has 0 N–H and O–H groups in total. The number of aliphatic carboxylic acids is 1. The topological polar surface area (TPSA) is 40.1 Å². The first-order valence-electron chi connectivity index (χ1n) is 5.23. The smallest absolute Gasteiger partial charge is 0.550 e.